The van der Waals surface area contributed by atoms with E-state index in [9.17, 15) is 9.59 Å². The van der Waals surface area contributed by atoms with Gasteiger partial charge in [0.05, 0.1) is 18.1 Å². The van der Waals surface area contributed by atoms with E-state index < -0.39 is 0 Å². The molecule has 0 atom stereocenters. The normalized spacial score (nSPS) is 10.8. The second-order valence-corrected chi connectivity index (χ2v) is 5.79. The molecule has 26 heavy (non-hydrogen) atoms. The van der Waals surface area contributed by atoms with Crippen molar-refractivity contribution in [2.75, 3.05) is 13.6 Å². The average Bonchev–Trinajstić information content (AvgIpc) is 3.11. The number of fused-ring (bicyclic) bond motifs is 1. The lowest BCUT2D eigenvalue weighted by Gasteiger charge is -2.16. The van der Waals surface area contributed by atoms with Crippen molar-refractivity contribution in [2.45, 2.75) is 26.4 Å². The summed E-state index contributed by atoms with van der Waals surface area (Å²) in [5.74, 6) is 0.919. The maximum atomic E-state index is 12.4. The van der Waals surface area contributed by atoms with Gasteiger partial charge in [-0.2, -0.15) is 5.10 Å². The van der Waals surface area contributed by atoms with Gasteiger partial charge in [0.2, 0.25) is 11.8 Å². The molecule has 0 saturated carbocycles. The first-order chi connectivity index (χ1) is 12.6. The summed E-state index contributed by atoms with van der Waals surface area (Å²) < 4.78 is 6.73. The van der Waals surface area contributed by atoms with Crippen molar-refractivity contribution >= 4 is 16.8 Å². The van der Waals surface area contributed by atoms with Crippen LogP contribution in [0.25, 0.3) is 10.8 Å². The maximum absolute atomic E-state index is 12.4. The quantitative estimate of drug-likeness (QED) is 0.711. The molecule has 0 spiro atoms. The molecule has 0 aliphatic heterocycles. The SMILES string of the molecule is CCc1nnc(CN(C)C(=O)NCCn2ncc3ccccc3c2=O)o1. The molecular formula is C17H20N6O3. The van der Waals surface area contributed by atoms with Gasteiger partial charge in [0.15, 0.2) is 0 Å². The van der Waals surface area contributed by atoms with Crippen LogP contribution in [0.4, 0.5) is 4.79 Å². The summed E-state index contributed by atoms with van der Waals surface area (Å²) >= 11 is 0. The number of aryl methyl sites for hydroxylation is 1. The lowest BCUT2D eigenvalue weighted by Crippen LogP contribution is -2.39. The maximum Gasteiger partial charge on any atom is 0.317 e. The van der Waals surface area contributed by atoms with Crippen LogP contribution in [0.5, 0.6) is 0 Å². The molecule has 0 radical (unpaired) electrons. The summed E-state index contributed by atoms with van der Waals surface area (Å²) in [4.78, 5) is 25.9. The highest BCUT2D eigenvalue weighted by Gasteiger charge is 2.13. The summed E-state index contributed by atoms with van der Waals surface area (Å²) in [6, 6.07) is 6.97. The Labute approximate surface area is 149 Å². The monoisotopic (exact) mass is 356 g/mol. The molecule has 0 unspecified atom stereocenters. The first-order valence-electron chi connectivity index (χ1n) is 8.33. The predicted octanol–water partition coefficient (Wildman–Crippen LogP) is 1.18. The van der Waals surface area contributed by atoms with Crippen molar-refractivity contribution in [1.29, 1.82) is 0 Å². The third-order valence-electron chi connectivity index (χ3n) is 3.89. The van der Waals surface area contributed by atoms with E-state index >= 15 is 0 Å². The van der Waals surface area contributed by atoms with Crippen LogP contribution in [0.3, 0.4) is 0 Å². The zero-order valence-electron chi connectivity index (χ0n) is 14.7. The Bertz CT molecular complexity index is 964. The van der Waals surface area contributed by atoms with Crippen molar-refractivity contribution in [3.05, 3.63) is 52.6 Å². The third kappa shape index (κ3) is 3.88. The van der Waals surface area contributed by atoms with Crippen LogP contribution >= 0.6 is 0 Å². The molecule has 2 heterocycles. The molecule has 3 aromatic rings. The van der Waals surface area contributed by atoms with Gasteiger partial charge < -0.3 is 14.6 Å². The Morgan fingerprint density at radius 3 is 2.81 bits per heavy atom. The number of urea groups is 1. The van der Waals surface area contributed by atoms with Crippen LogP contribution in [0, 0.1) is 0 Å². The van der Waals surface area contributed by atoms with Gasteiger partial charge in [-0.3, -0.25) is 4.79 Å². The zero-order chi connectivity index (χ0) is 18.5. The van der Waals surface area contributed by atoms with E-state index in [1.54, 1.807) is 19.3 Å². The zero-order valence-corrected chi connectivity index (χ0v) is 14.7. The Morgan fingerprint density at radius 2 is 2.04 bits per heavy atom. The van der Waals surface area contributed by atoms with Crippen molar-refractivity contribution in [3.8, 4) is 0 Å². The summed E-state index contributed by atoms with van der Waals surface area (Å²) in [5.41, 5.74) is -0.177. The molecule has 0 aliphatic rings. The van der Waals surface area contributed by atoms with E-state index in [4.69, 9.17) is 4.42 Å². The number of nitrogens with zero attached hydrogens (tertiary/aromatic N) is 5. The number of aromatic nitrogens is 4. The molecule has 1 N–H and O–H groups in total. The van der Waals surface area contributed by atoms with E-state index in [1.807, 2.05) is 25.1 Å². The van der Waals surface area contributed by atoms with E-state index in [2.05, 4.69) is 20.6 Å². The lowest BCUT2D eigenvalue weighted by atomic mass is 10.2. The molecule has 9 nitrogen and oxygen atoms in total. The van der Waals surface area contributed by atoms with Crippen LogP contribution in [-0.2, 0) is 19.5 Å². The van der Waals surface area contributed by atoms with Gasteiger partial charge >= 0.3 is 6.03 Å². The molecule has 0 fully saturated rings. The van der Waals surface area contributed by atoms with Gasteiger partial charge in [-0.15, -0.1) is 10.2 Å². The number of hydrogen-bond acceptors (Lipinski definition) is 6. The number of carbonyl (C=O) groups is 1. The van der Waals surface area contributed by atoms with Crippen LogP contribution in [0.1, 0.15) is 18.7 Å². The van der Waals surface area contributed by atoms with E-state index in [0.29, 0.717) is 23.6 Å². The highest BCUT2D eigenvalue weighted by molar-refractivity contribution is 5.80. The minimum atomic E-state index is -0.296. The number of amides is 2. The van der Waals surface area contributed by atoms with Crippen molar-refractivity contribution in [2.24, 2.45) is 0 Å². The fourth-order valence-corrected chi connectivity index (χ4v) is 2.46. The number of hydrogen-bond donors (Lipinski definition) is 1. The summed E-state index contributed by atoms with van der Waals surface area (Å²) in [6.07, 6.45) is 2.29. The van der Waals surface area contributed by atoms with Crippen molar-refractivity contribution in [1.82, 2.24) is 30.2 Å². The van der Waals surface area contributed by atoms with Gasteiger partial charge in [0, 0.05) is 25.4 Å². The van der Waals surface area contributed by atoms with Gasteiger partial charge in [-0.25, -0.2) is 9.48 Å². The topological polar surface area (TPSA) is 106 Å². The molecule has 0 aliphatic carbocycles. The van der Waals surface area contributed by atoms with E-state index in [1.165, 1.54) is 9.58 Å². The molecule has 0 bridgehead atoms. The minimum absolute atomic E-state index is 0.177. The van der Waals surface area contributed by atoms with Crippen LogP contribution in [-0.4, -0.2) is 44.5 Å². The minimum Gasteiger partial charge on any atom is -0.423 e. The van der Waals surface area contributed by atoms with E-state index in [0.717, 1.165) is 5.39 Å². The lowest BCUT2D eigenvalue weighted by molar-refractivity contribution is 0.201. The van der Waals surface area contributed by atoms with Crippen LogP contribution in [0.15, 0.2) is 39.7 Å². The van der Waals surface area contributed by atoms with E-state index in [-0.39, 0.29) is 31.2 Å². The van der Waals surface area contributed by atoms with Crippen LogP contribution < -0.4 is 10.9 Å². The number of benzene rings is 1. The van der Waals surface area contributed by atoms with Crippen molar-refractivity contribution in [3.63, 3.8) is 0 Å². The Morgan fingerprint density at radius 1 is 1.27 bits per heavy atom. The molecule has 2 amide bonds. The molecular weight excluding hydrogens is 336 g/mol. The largest absolute Gasteiger partial charge is 0.423 e. The standard InChI is InChI=1S/C17H20N6O3/c1-3-14-20-21-15(26-14)11-22(2)17(25)18-8-9-23-16(24)13-7-5-4-6-12(13)10-19-23/h4-7,10H,3,8-9,11H2,1-2H3,(H,18,25). The highest BCUT2D eigenvalue weighted by Crippen LogP contribution is 2.06. The molecule has 1 aromatic carbocycles. The number of rotatable bonds is 6. The predicted molar refractivity (Wildman–Crippen MR) is 94.5 cm³/mol. The molecule has 3 rings (SSSR count). The molecule has 9 heteroatoms. The van der Waals surface area contributed by atoms with Gasteiger partial charge in [-0.05, 0) is 6.07 Å². The average molecular weight is 356 g/mol. The Kier molecular flexibility index (Phi) is 5.26. The fraction of sp³-hybridized carbons (Fsp3) is 0.353. The molecule has 136 valence electrons. The fourth-order valence-electron chi connectivity index (χ4n) is 2.46. The Hall–Kier alpha value is -3.23. The third-order valence-corrected chi connectivity index (χ3v) is 3.89. The summed E-state index contributed by atoms with van der Waals surface area (Å²) in [6.45, 7) is 2.69. The van der Waals surface area contributed by atoms with Crippen LogP contribution in [0.2, 0.25) is 0 Å². The second kappa shape index (κ2) is 7.77. The first kappa shape index (κ1) is 17.6. The summed E-state index contributed by atoms with van der Waals surface area (Å²) in [5, 5.41) is 16.0. The highest BCUT2D eigenvalue weighted by atomic mass is 16.4. The Balaban J connectivity index is 1.55. The summed E-state index contributed by atoms with van der Waals surface area (Å²) in [7, 11) is 1.63. The van der Waals surface area contributed by atoms with Crippen molar-refractivity contribution < 1.29 is 9.21 Å². The van der Waals surface area contributed by atoms with Gasteiger partial charge in [0.25, 0.3) is 5.56 Å². The number of nitrogens with one attached hydrogen (secondary N) is 1. The smallest absolute Gasteiger partial charge is 0.317 e. The second-order valence-electron chi connectivity index (χ2n) is 5.79. The van der Waals surface area contributed by atoms with Gasteiger partial charge in [-0.1, -0.05) is 25.1 Å². The molecule has 0 saturated heterocycles. The number of carbonyl (C=O) groups excluding carboxylic acids is 1. The first-order valence-corrected chi connectivity index (χ1v) is 8.33. The molecule has 2 aromatic heterocycles. The van der Waals surface area contributed by atoms with Gasteiger partial charge in [0.1, 0.15) is 6.54 Å².